The van der Waals surface area contributed by atoms with Gasteiger partial charge < -0.3 is 4.57 Å². The van der Waals surface area contributed by atoms with Gasteiger partial charge in [-0.3, -0.25) is 5.84 Å². The zero-order valence-corrected chi connectivity index (χ0v) is 12.1. The van der Waals surface area contributed by atoms with Gasteiger partial charge in [-0.2, -0.15) is 0 Å². The molecule has 1 aromatic heterocycles. The fourth-order valence-corrected chi connectivity index (χ4v) is 2.47. The quantitative estimate of drug-likeness (QED) is 0.674. The van der Waals surface area contributed by atoms with Crippen LogP contribution in [0.1, 0.15) is 29.9 Å². The monoisotopic (exact) mass is 308 g/mol. The van der Waals surface area contributed by atoms with Crippen LogP contribution in [-0.2, 0) is 6.54 Å². The fourth-order valence-electron chi connectivity index (χ4n) is 2.09. The molecule has 4 nitrogen and oxygen atoms in total. The van der Waals surface area contributed by atoms with Crippen molar-refractivity contribution in [2.75, 3.05) is 0 Å². The maximum Gasteiger partial charge on any atom is 0.131 e. The Balaban J connectivity index is 2.49. The summed E-state index contributed by atoms with van der Waals surface area (Å²) in [5.41, 5.74) is 5.16. The summed E-state index contributed by atoms with van der Waals surface area (Å²) in [7, 11) is 0. The predicted molar refractivity (Wildman–Crippen MR) is 75.9 cm³/mol. The molecule has 1 heterocycles. The lowest BCUT2D eigenvalue weighted by Crippen LogP contribution is -2.31. The normalized spacial score (nSPS) is 12.7. The number of hydrogen-bond donors (Lipinski definition) is 2. The Bertz CT molecular complexity index is 536. The van der Waals surface area contributed by atoms with Gasteiger partial charge in [0.25, 0.3) is 0 Å². The molecule has 2 aromatic rings. The topological polar surface area (TPSA) is 55.9 Å². The summed E-state index contributed by atoms with van der Waals surface area (Å²) < 4.78 is 3.17. The van der Waals surface area contributed by atoms with Gasteiger partial charge in [0.1, 0.15) is 11.9 Å². The van der Waals surface area contributed by atoms with E-state index in [1.165, 1.54) is 5.56 Å². The molecule has 0 aliphatic carbocycles. The summed E-state index contributed by atoms with van der Waals surface area (Å²) >= 11 is 3.55. The molecule has 0 bridgehead atoms. The maximum absolute atomic E-state index is 5.72. The first kappa shape index (κ1) is 13.3. The van der Waals surface area contributed by atoms with Gasteiger partial charge in [-0.05, 0) is 31.0 Å². The van der Waals surface area contributed by atoms with Crippen LogP contribution in [0.5, 0.6) is 0 Å². The first-order valence-electron chi connectivity index (χ1n) is 5.91. The number of hydrazine groups is 1. The first-order chi connectivity index (χ1) is 8.69. The van der Waals surface area contributed by atoms with Gasteiger partial charge in [0.05, 0.1) is 0 Å². The third kappa shape index (κ3) is 2.34. The first-order valence-corrected chi connectivity index (χ1v) is 6.70. The minimum absolute atomic E-state index is 0.0996. The average Bonchev–Trinajstić information content (AvgIpc) is 2.83. The number of nitrogens with two attached hydrogens (primary N) is 1. The molecule has 0 spiro atoms. The highest BCUT2D eigenvalue weighted by atomic mass is 79.9. The molecule has 0 saturated carbocycles. The van der Waals surface area contributed by atoms with Crippen molar-refractivity contribution in [3.8, 4) is 0 Å². The number of aromatic nitrogens is 2. The molecule has 0 aliphatic heterocycles. The Labute approximate surface area is 115 Å². The molecule has 0 amide bonds. The van der Waals surface area contributed by atoms with Crippen LogP contribution >= 0.6 is 15.9 Å². The molecule has 1 aromatic carbocycles. The molecule has 1 unspecified atom stereocenters. The SMILES string of the molecule is CCn1ccnc1C(NN)c1cccc(Br)c1C. The van der Waals surface area contributed by atoms with E-state index in [-0.39, 0.29) is 6.04 Å². The van der Waals surface area contributed by atoms with Crippen molar-refractivity contribution >= 4 is 15.9 Å². The van der Waals surface area contributed by atoms with E-state index in [0.29, 0.717) is 0 Å². The number of hydrogen-bond acceptors (Lipinski definition) is 3. The van der Waals surface area contributed by atoms with Gasteiger partial charge >= 0.3 is 0 Å². The molecule has 0 radical (unpaired) electrons. The second kappa shape index (κ2) is 5.65. The van der Waals surface area contributed by atoms with Crippen LogP contribution in [0.25, 0.3) is 0 Å². The van der Waals surface area contributed by atoms with Crippen molar-refractivity contribution in [3.05, 3.63) is 52.0 Å². The van der Waals surface area contributed by atoms with Crippen molar-refractivity contribution < 1.29 is 0 Å². The van der Waals surface area contributed by atoms with Crippen molar-refractivity contribution in [1.29, 1.82) is 0 Å². The maximum atomic E-state index is 5.72. The molecular weight excluding hydrogens is 292 g/mol. The molecule has 5 heteroatoms. The number of halogens is 1. The summed E-state index contributed by atoms with van der Waals surface area (Å²) in [6.07, 6.45) is 3.77. The molecule has 18 heavy (non-hydrogen) atoms. The Morgan fingerprint density at radius 2 is 2.28 bits per heavy atom. The largest absolute Gasteiger partial charge is 0.334 e. The number of aryl methyl sites for hydroxylation is 1. The van der Waals surface area contributed by atoms with E-state index in [0.717, 1.165) is 22.4 Å². The number of imidazole rings is 1. The van der Waals surface area contributed by atoms with Crippen molar-refractivity contribution in [2.45, 2.75) is 26.4 Å². The summed E-state index contributed by atoms with van der Waals surface area (Å²) in [4.78, 5) is 4.41. The van der Waals surface area contributed by atoms with Crippen LogP contribution in [0.15, 0.2) is 35.1 Å². The molecule has 1 atom stereocenters. The van der Waals surface area contributed by atoms with Crippen LogP contribution in [0.4, 0.5) is 0 Å². The average molecular weight is 309 g/mol. The standard InChI is InChI=1S/C13H17BrN4/c1-3-18-8-7-16-13(18)12(17-15)10-5-4-6-11(14)9(10)2/h4-8,12,17H,3,15H2,1-2H3. The van der Waals surface area contributed by atoms with Gasteiger partial charge in [-0.25, -0.2) is 10.4 Å². The molecule has 2 rings (SSSR count). The van der Waals surface area contributed by atoms with E-state index in [4.69, 9.17) is 5.84 Å². The molecule has 3 N–H and O–H groups in total. The number of nitrogens with one attached hydrogen (secondary N) is 1. The number of nitrogens with zero attached hydrogens (tertiary/aromatic N) is 2. The highest BCUT2D eigenvalue weighted by molar-refractivity contribution is 9.10. The van der Waals surface area contributed by atoms with E-state index in [1.54, 1.807) is 6.20 Å². The van der Waals surface area contributed by atoms with E-state index in [9.17, 15) is 0 Å². The van der Waals surface area contributed by atoms with E-state index in [1.807, 2.05) is 18.3 Å². The van der Waals surface area contributed by atoms with Gasteiger partial charge in [0.2, 0.25) is 0 Å². The lowest BCUT2D eigenvalue weighted by atomic mass is 10.0. The Hall–Kier alpha value is -1.17. The molecular formula is C13H17BrN4. The Morgan fingerprint density at radius 3 is 2.94 bits per heavy atom. The second-order valence-electron chi connectivity index (χ2n) is 4.13. The third-order valence-corrected chi connectivity index (χ3v) is 3.99. The van der Waals surface area contributed by atoms with Gasteiger partial charge in [0.15, 0.2) is 0 Å². The van der Waals surface area contributed by atoms with Crippen molar-refractivity contribution in [3.63, 3.8) is 0 Å². The van der Waals surface area contributed by atoms with Crippen LogP contribution in [0, 0.1) is 6.92 Å². The minimum atomic E-state index is -0.0996. The van der Waals surface area contributed by atoms with Crippen molar-refractivity contribution in [1.82, 2.24) is 15.0 Å². The third-order valence-electron chi connectivity index (χ3n) is 3.13. The predicted octanol–water partition coefficient (Wildman–Crippen LogP) is 2.53. The van der Waals surface area contributed by atoms with Crippen molar-refractivity contribution in [2.24, 2.45) is 5.84 Å². The van der Waals surface area contributed by atoms with Crippen LogP contribution in [-0.4, -0.2) is 9.55 Å². The zero-order chi connectivity index (χ0) is 13.1. The van der Waals surface area contributed by atoms with Crippen LogP contribution in [0.3, 0.4) is 0 Å². The second-order valence-corrected chi connectivity index (χ2v) is 4.98. The molecule has 0 aliphatic rings. The highest BCUT2D eigenvalue weighted by Crippen LogP contribution is 2.27. The summed E-state index contributed by atoms with van der Waals surface area (Å²) in [6, 6.07) is 6.01. The summed E-state index contributed by atoms with van der Waals surface area (Å²) in [5.74, 6) is 6.65. The van der Waals surface area contributed by atoms with E-state index >= 15 is 0 Å². The minimum Gasteiger partial charge on any atom is -0.334 e. The highest BCUT2D eigenvalue weighted by Gasteiger charge is 2.19. The Kier molecular flexibility index (Phi) is 4.16. The zero-order valence-electron chi connectivity index (χ0n) is 10.5. The lowest BCUT2D eigenvalue weighted by molar-refractivity contribution is 0.558. The molecule has 96 valence electrons. The fraction of sp³-hybridized carbons (Fsp3) is 0.308. The summed E-state index contributed by atoms with van der Waals surface area (Å²) in [5, 5.41) is 0. The smallest absolute Gasteiger partial charge is 0.131 e. The van der Waals surface area contributed by atoms with E-state index < -0.39 is 0 Å². The molecule has 0 fully saturated rings. The van der Waals surface area contributed by atoms with E-state index in [2.05, 4.69) is 50.8 Å². The number of rotatable bonds is 4. The summed E-state index contributed by atoms with van der Waals surface area (Å²) in [6.45, 7) is 5.04. The van der Waals surface area contributed by atoms with Gasteiger partial charge in [-0.1, -0.05) is 28.1 Å². The Morgan fingerprint density at radius 1 is 1.50 bits per heavy atom. The van der Waals surface area contributed by atoms with Crippen LogP contribution < -0.4 is 11.3 Å². The van der Waals surface area contributed by atoms with Gasteiger partial charge in [0, 0.05) is 23.4 Å². The van der Waals surface area contributed by atoms with Gasteiger partial charge in [-0.15, -0.1) is 0 Å². The number of benzene rings is 1. The van der Waals surface area contributed by atoms with Crippen LogP contribution in [0.2, 0.25) is 0 Å². The lowest BCUT2D eigenvalue weighted by Gasteiger charge is -2.19. The molecule has 0 saturated heterocycles.